The van der Waals surface area contributed by atoms with Crippen molar-refractivity contribution in [2.24, 2.45) is 5.92 Å². The van der Waals surface area contributed by atoms with Gasteiger partial charge in [0.1, 0.15) is 5.75 Å². The van der Waals surface area contributed by atoms with Crippen molar-refractivity contribution in [3.63, 3.8) is 0 Å². The predicted octanol–water partition coefficient (Wildman–Crippen LogP) is -0.219. The lowest BCUT2D eigenvalue weighted by Gasteiger charge is -2.34. The molecule has 0 spiro atoms. The molecule has 0 atom stereocenters. The average Bonchev–Trinajstić information content (AvgIpc) is 2.67. The van der Waals surface area contributed by atoms with Crippen LogP contribution in [0.2, 0.25) is 0 Å². The van der Waals surface area contributed by atoms with Gasteiger partial charge in [0.25, 0.3) is 0 Å². The van der Waals surface area contributed by atoms with Crippen molar-refractivity contribution in [1.82, 2.24) is 19.8 Å². The standard InChI is InChI=1S/C19H36N4O5S/c1-16-4-6-17(7-5-16)21-29(26,27)15-19(25)23-11-9-22(10-12-23)14-18(24)20-8-3-13-28-2/h16-17,21H,3-15H2,1-2H3,(H,20,24). The van der Waals surface area contributed by atoms with Crippen molar-refractivity contribution < 1.29 is 22.7 Å². The molecule has 1 aliphatic carbocycles. The van der Waals surface area contributed by atoms with E-state index in [1.165, 1.54) is 0 Å². The van der Waals surface area contributed by atoms with Crippen molar-refractivity contribution in [3.8, 4) is 0 Å². The molecule has 0 aromatic carbocycles. The third kappa shape index (κ3) is 8.98. The van der Waals surface area contributed by atoms with E-state index in [4.69, 9.17) is 4.74 Å². The maximum absolute atomic E-state index is 12.4. The highest BCUT2D eigenvalue weighted by Gasteiger charge is 2.28. The summed E-state index contributed by atoms with van der Waals surface area (Å²) >= 11 is 0. The topological polar surface area (TPSA) is 108 Å². The average molecular weight is 433 g/mol. The Kier molecular flexibility index (Phi) is 9.81. The summed E-state index contributed by atoms with van der Waals surface area (Å²) in [7, 11) is -2.00. The fourth-order valence-corrected chi connectivity index (χ4v) is 5.12. The fraction of sp³-hybridized carbons (Fsp3) is 0.895. The molecule has 9 nitrogen and oxygen atoms in total. The van der Waals surface area contributed by atoms with Crippen molar-refractivity contribution in [2.75, 3.05) is 58.7 Å². The summed E-state index contributed by atoms with van der Waals surface area (Å²) in [6, 6.07) is -0.0525. The van der Waals surface area contributed by atoms with Crippen LogP contribution < -0.4 is 10.0 Å². The quantitative estimate of drug-likeness (QED) is 0.462. The number of carbonyl (C=O) groups excluding carboxylic acids is 2. The second kappa shape index (κ2) is 11.8. The molecule has 2 rings (SSSR count). The maximum atomic E-state index is 12.4. The van der Waals surface area contributed by atoms with Crippen LogP contribution in [0.5, 0.6) is 0 Å². The molecular formula is C19H36N4O5S. The number of carbonyl (C=O) groups is 2. The van der Waals surface area contributed by atoms with Crippen LogP contribution in [0.15, 0.2) is 0 Å². The van der Waals surface area contributed by atoms with Gasteiger partial charge in [-0.05, 0) is 38.0 Å². The molecule has 1 heterocycles. The van der Waals surface area contributed by atoms with Gasteiger partial charge in [0, 0.05) is 52.5 Å². The summed E-state index contributed by atoms with van der Waals surface area (Å²) in [6.07, 6.45) is 4.47. The van der Waals surface area contributed by atoms with Gasteiger partial charge >= 0.3 is 0 Å². The van der Waals surface area contributed by atoms with Gasteiger partial charge < -0.3 is 15.0 Å². The Morgan fingerprint density at radius 3 is 2.34 bits per heavy atom. The van der Waals surface area contributed by atoms with E-state index in [0.717, 1.165) is 32.1 Å². The van der Waals surface area contributed by atoms with E-state index >= 15 is 0 Å². The molecule has 0 unspecified atom stereocenters. The molecule has 0 bridgehead atoms. The first-order chi connectivity index (χ1) is 13.8. The molecule has 29 heavy (non-hydrogen) atoms. The summed E-state index contributed by atoms with van der Waals surface area (Å²) in [4.78, 5) is 27.9. The number of sulfonamides is 1. The van der Waals surface area contributed by atoms with Crippen LogP contribution in [0.1, 0.15) is 39.0 Å². The monoisotopic (exact) mass is 432 g/mol. The minimum absolute atomic E-state index is 0.0468. The summed E-state index contributed by atoms with van der Waals surface area (Å²) in [5.74, 6) is -0.278. The lowest BCUT2D eigenvalue weighted by atomic mass is 9.88. The number of nitrogens with one attached hydrogen (secondary N) is 2. The Bertz CT molecular complexity index is 627. The van der Waals surface area contributed by atoms with E-state index in [-0.39, 0.29) is 24.4 Å². The van der Waals surface area contributed by atoms with Crippen molar-refractivity contribution >= 4 is 21.8 Å². The Hall–Kier alpha value is -1.23. The van der Waals surface area contributed by atoms with Gasteiger partial charge in [-0.15, -0.1) is 0 Å². The Morgan fingerprint density at radius 1 is 1.07 bits per heavy atom. The predicted molar refractivity (Wildman–Crippen MR) is 111 cm³/mol. The Balaban J connectivity index is 1.67. The zero-order valence-corrected chi connectivity index (χ0v) is 18.5. The van der Waals surface area contributed by atoms with Crippen LogP contribution in [-0.2, 0) is 24.3 Å². The van der Waals surface area contributed by atoms with Gasteiger partial charge in [-0.25, -0.2) is 13.1 Å². The lowest BCUT2D eigenvalue weighted by Crippen LogP contribution is -2.53. The van der Waals surface area contributed by atoms with E-state index in [1.807, 2.05) is 4.90 Å². The van der Waals surface area contributed by atoms with Crippen LogP contribution in [0.3, 0.4) is 0 Å². The highest BCUT2D eigenvalue weighted by Crippen LogP contribution is 2.23. The number of rotatable bonds is 10. The second-order valence-corrected chi connectivity index (χ2v) is 9.94. The van der Waals surface area contributed by atoms with Crippen LogP contribution in [0, 0.1) is 5.92 Å². The Morgan fingerprint density at radius 2 is 1.72 bits per heavy atom. The number of hydrogen-bond acceptors (Lipinski definition) is 6. The number of amides is 2. The molecule has 0 radical (unpaired) electrons. The van der Waals surface area contributed by atoms with Gasteiger partial charge in [0.2, 0.25) is 21.8 Å². The number of piperazine rings is 1. The minimum Gasteiger partial charge on any atom is -0.385 e. The summed E-state index contributed by atoms with van der Waals surface area (Å²) in [5, 5.41) is 2.84. The van der Waals surface area contributed by atoms with E-state index in [0.29, 0.717) is 45.2 Å². The van der Waals surface area contributed by atoms with Crippen LogP contribution in [0.4, 0.5) is 0 Å². The summed E-state index contributed by atoms with van der Waals surface area (Å²) in [5.41, 5.74) is 0. The van der Waals surface area contributed by atoms with E-state index in [1.54, 1.807) is 12.0 Å². The van der Waals surface area contributed by atoms with Crippen molar-refractivity contribution in [2.45, 2.75) is 45.1 Å². The second-order valence-electron chi connectivity index (χ2n) is 8.19. The SMILES string of the molecule is COCCCNC(=O)CN1CCN(C(=O)CS(=O)(=O)NC2CCC(C)CC2)CC1. The highest BCUT2D eigenvalue weighted by molar-refractivity contribution is 7.90. The van der Waals surface area contributed by atoms with E-state index in [9.17, 15) is 18.0 Å². The van der Waals surface area contributed by atoms with Crippen LogP contribution in [-0.4, -0.2) is 94.8 Å². The molecule has 0 aromatic rings. The van der Waals surface area contributed by atoms with Crippen LogP contribution in [0.25, 0.3) is 0 Å². The molecule has 1 saturated carbocycles. The number of methoxy groups -OCH3 is 1. The molecule has 2 amide bonds. The zero-order valence-electron chi connectivity index (χ0n) is 17.7. The Labute approximate surface area is 174 Å². The van der Waals surface area contributed by atoms with Gasteiger partial charge in [-0.1, -0.05) is 6.92 Å². The zero-order chi connectivity index (χ0) is 21.3. The summed E-state index contributed by atoms with van der Waals surface area (Å²) in [6.45, 7) is 5.65. The normalized spacial score (nSPS) is 23.7. The molecule has 2 aliphatic rings. The first-order valence-corrected chi connectivity index (χ1v) is 12.2. The summed E-state index contributed by atoms with van der Waals surface area (Å²) < 4.78 is 32.4. The van der Waals surface area contributed by atoms with Gasteiger partial charge in [-0.2, -0.15) is 0 Å². The maximum Gasteiger partial charge on any atom is 0.239 e. The van der Waals surface area contributed by atoms with Gasteiger partial charge in [0.05, 0.1) is 6.54 Å². The first kappa shape index (κ1) is 24.0. The first-order valence-electron chi connectivity index (χ1n) is 10.5. The van der Waals surface area contributed by atoms with Crippen LogP contribution >= 0.6 is 0 Å². The fourth-order valence-electron chi connectivity index (χ4n) is 3.79. The molecule has 10 heteroatoms. The van der Waals surface area contributed by atoms with Gasteiger partial charge in [0.15, 0.2) is 0 Å². The van der Waals surface area contributed by atoms with E-state index < -0.39 is 15.8 Å². The lowest BCUT2D eigenvalue weighted by molar-refractivity contribution is -0.130. The molecule has 2 fully saturated rings. The van der Waals surface area contributed by atoms with Crippen molar-refractivity contribution in [3.05, 3.63) is 0 Å². The van der Waals surface area contributed by atoms with E-state index in [2.05, 4.69) is 17.0 Å². The number of hydrogen-bond donors (Lipinski definition) is 2. The largest absolute Gasteiger partial charge is 0.385 e. The molecule has 2 N–H and O–H groups in total. The molecular weight excluding hydrogens is 396 g/mol. The third-order valence-electron chi connectivity index (χ3n) is 5.62. The smallest absolute Gasteiger partial charge is 0.239 e. The van der Waals surface area contributed by atoms with Crippen molar-refractivity contribution in [1.29, 1.82) is 0 Å². The number of nitrogens with zero attached hydrogens (tertiary/aromatic N) is 2. The van der Waals surface area contributed by atoms with Gasteiger partial charge in [-0.3, -0.25) is 14.5 Å². The molecule has 0 aromatic heterocycles. The molecule has 1 aliphatic heterocycles. The number of ether oxygens (including phenoxy) is 1. The minimum atomic E-state index is -3.62. The molecule has 168 valence electrons. The highest BCUT2D eigenvalue weighted by atomic mass is 32.2. The third-order valence-corrected chi connectivity index (χ3v) is 6.93. The molecule has 1 saturated heterocycles.